The number of pyridine rings is 1. The third-order valence-corrected chi connectivity index (χ3v) is 8.48. The number of aromatic nitrogens is 2. The first kappa shape index (κ1) is 23.1. The van der Waals surface area contributed by atoms with Crippen LogP contribution in [0.3, 0.4) is 0 Å². The van der Waals surface area contributed by atoms with Crippen LogP contribution in [0, 0.1) is 0 Å². The molecule has 3 heterocycles. The van der Waals surface area contributed by atoms with Crippen LogP contribution < -0.4 is 0 Å². The Morgan fingerprint density at radius 3 is 2.10 bits per heavy atom. The molecule has 3 nitrogen and oxygen atoms in total. The molecule has 6 aromatic carbocycles. The fourth-order valence-electron chi connectivity index (χ4n) is 6.55. The Labute approximate surface area is 241 Å². The number of hydrogen-bond acceptors (Lipinski definition) is 2. The number of hydrogen-bond donors (Lipinski definition) is 0. The van der Waals surface area contributed by atoms with Crippen molar-refractivity contribution >= 4 is 49.3 Å². The van der Waals surface area contributed by atoms with Gasteiger partial charge in [-0.3, -0.25) is 4.40 Å². The number of para-hydroxylation sites is 2. The number of benzene rings is 6. The predicted molar refractivity (Wildman–Crippen MR) is 174 cm³/mol. The fraction of sp³-hybridized carbons (Fsp3) is 0. The van der Waals surface area contributed by atoms with E-state index < -0.39 is 0 Å². The van der Waals surface area contributed by atoms with E-state index in [0.717, 1.165) is 49.6 Å². The quantitative estimate of drug-likeness (QED) is 0.210. The van der Waals surface area contributed by atoms with E-state index in [4.69, 9.17) is 4.42 Å². The topological polar surface area (TPSA) is 30.4 Å². The molecule has 0 saturated carbocycles. The lowest BCUT2D eigenvalue weighted by atomic mass is 9.91. The molecule has 0 bridgehead atoms. The van der Waals surface area contributed by atoms with Crippen LogP contribution in [0.5, 0.6) is 0 Å². The summed E-state index contributed by atoms with van der Waals surface area (Å²) in [4.78, 5) is 4.64. The molecule has 42 heavy (non-hydrogen) atoms. The molecule has 3 heteroatoms. The minimum atomic E-state index is 0.913. The summed E-state index contributed by atoms with van der Waals surface area (Å²) in [6.07, 6.45) is 3.92. The molecule has 0 radical (unpaired) electrons. The van der Waals surface area contributed by atoms with Crippen LogP contribution in [-0.2, 0) is 0 Å². The number of furan rings is 1. The lowest BCUT2D eigenvalue weighted by Gasteiger charge is -2.13. The molecule has 0 N–H and O–H groups in total. The van der Waals surface area contributed by atoms with Gasteiger partial charge < -0.3 is 4.42 Å². The van der Waals surface area contributed by atoms with Crippen LogP contribution in [0.15, 0.2) is 150 Å². The number of fused-ring (bicyclic) bond motifs is 9. The molecule has 0 aliphatic rings. The van der Waals surface area contributed by atoms with Crippen LogP contribution in [0.1, 0.15) is 0 Å². The molecule has 0 atom stereocenters. The Morgan fingerprint density at radius 2 is 1.17 bits per heavy atom. The van der Waals surface area contributed by atoms with E-state index in [9.17, 15) is 0 Å². The average molecular weight is 537 g/mol. The molecular formula is C39H24N2O. The highest BCUT2D eigenvalue weighted by Gasteiger charge is 2.16. The molecule has 0 spiro atoms. The number of imidazole rings is 1. The molecule has 0 saturated heterocycles. The van der Waals surface area contributed by atoms with E-state index in [1.165, 1.54) is 33.0 Å². The van der Waals surface area contributed by atoms with Gasteiger partial charge in [0, 0.05) is 39.5 Å². The van der Waals surface area contributed by atoms with Gasteiger partial charge in [-0.15, -0.1) is 0 Å². The normalized spacial score (nSPS) is 11.8. The van der Waals surface area contributed by atoms with Crippen molar-refractivity contribution in [2.45, 2.75) is 0 Å². The number of nitrogens with zero attached hydrogens (tertiary/aromatic N) is 2. The summed E-state index contributed by atoms with van der Waals surface area (Å²) in [6, 6.07) is 47.5. The summed E-state index contributed by atoms with van der Waals surface area (Å²) in [5.41, 5.74) is 11.0. The molecule has 0 amide bonds. The van der Waals surface area contributed by atoms with Crippen molar-refractivity contribution in [1.29, 1.82) is 0 Å². The second-order valence-corrected chi connectivity index (χ2v) is 10.8. The highest BCUT2D eigenvalue weighted by Crippen LogP contribution is 2.40. The highest BCUT2D eigenvalue weighted by molar-refractivity contribution is 6.13. The fourth-order valence-corrected chi connectivity index (χ4v) is 6.55. The Morgan fingerprint density at radius 1 is 0.476 bits per heavy atom. The zero-order valence-corrected chi connectivity index (χ0v) is 22.7. The molecule has 3 aromatic heterocycles. The van der Waals surface area contributed by atoms with Crippen LogP contribution in [0.25, 0.3) is 82.6 Å². The van der Waals surface area contributed by atoms with Crippen LogP contribution in [0.4, 0.5) is 0 Å². The summed E-state index contributed by atoms with van der Waals surface area (Å²) >= 11 is 0. The third-order valence-electron chi connectivity index (χ3n) is 8.48. The summed E-state index contributed by atoms with van der Waals surface area (Å²) in [7, 11) is 0. The predicted octanol–water partition coefficient (Wildman–Crippen LogP) is 10.5. The van der Waals surface area contributed by atoms with Crippen molar-refractivity contribution in [3.05, 3.63) is 146 Å². The van der Waals surface area contributed by atoms with Crippen LogP contribution >= 0.6 is 0 Å². The first-order valence-corrected chi connectivity index (χ1v) is 14.2. The van der Waals surface area contributed by atoms with E-state index in [0.29, 0.717) is 0 Å². The summed E-state index contributed by atoms with van der Waals surface area (Å²) in [6.45, 7) is 0. The van der Waals surface area contributed by atoms with Crippen LogP contribution in [0.2, 0.25) is 0 Å². The summed E-state index contributed by atoms with van der Waals surface area (Å²) < 4.78 is 8.60. The molecule has 0 fully saturated rings. The van der Waals surface area contributed by atoms with Crippen LogP contribution in [-0.4, -0.2) is 9.38 Å². The van der Waals surface area contributed by atoms with Crippen molar-refractivity contribution in [1.82, 2.24) is 9.38 Å². The van der Waals surface area contributed by atoms with Crippen molar-refractivity contribution in [3.8, 4) is 33.4 Å². The maximum Gasteiger partial charge on any atom is 0.145 e. The average Bonchev–Trinajstić information content (AvgIpc) is 3.71. The molecule has 0 aliphatic heterocycles. The molecule has 196 valence electrons. The van der Waals surface area contributed by atoms with Crippen molar-refractivity contribution in [3.63, 3.8) is 0 Å². The summed E-state index contributed by atoms with van der Waals surface area (Å²) in [5, 5.41) is 5.88. The van der Waals surface area contributed by atoms with E-state index in [-0.39, 0.29) is 0 Å². The molecule has 0 unspecified atom stereocenters. The minimum Gasteiger partial charge on any atom is -0.455 e. The second-order valence-electron chi connectivity index (χ2n) is 10.8. The maximum absolute atomic E-state index is 6.42. The van der Waals surface area contributed by atoms with Gasteiger partial charge in [-0.2, -0.15) is 0 Å². The van der Waals surface area contributed by atoms with Gasteiger partial charge in [0.1, 0.15) is 16.8 Å². The van der Waals surface area contributed by atoms with Gasteiger partial charge in [0.2, 0.25) is 0 Å². The van der Waals surface area contributed by atoms with Gasteiger partial charge in [-0.05, 0) is 57.5 Å². The zero-order chi connectivity index (χ0) is 27.6. The molecule has 9 aromatic rings. The first-order valence-electron chi connectivity index (χ1n) is 14.2. The Balaban J connectivity index is 1.22. The molecule has 0 aliphatic carbocycles. The monoisotopic (exact) mass is 536 g/mol. The Kier molecular flexibility index (Phi) is 4.90. The van der Waals surface area contributed by atoms with E-state index >= 15 is 0 Å². The largest absolute Gasteiger partial charge is 0.455 e. The smallest absolute Gasteiger partial charge is 0.145 e. The number of rotatable bonds is 3. The first-order chi connectivity index (χ1) is 20.8. The molecule has 9 rings (SSSR count). The third kappa shape index (κ3) is 3.37. The van der Waals surface area contributed by atoms with Crippen molar-refractivity contribution in [2.75, 3.05) is 0 Å². The Hall–Kier alpha value is -5.67. The SMILES string of the molecule is c1cc(-c2ccc3c(c2)c2ccccc2c2nccn32)cc(-c2ccccc2-c2cccc3c2oc2ccccc23)c1. The van der Waals surface area contributed by atoms with Gasteiger partial charge in [0.15, 0.2) is 0 Å². The van der Waals surface area contributed by atoms with Gasteiger partial charge in [0.05, 0.1) is 5.52 Å². The molecular weight excluding hydrogens is 512 g/mol. The van der Waals surface area contributed by atoms with Crippen molar-refractivity contribution < 1.29 is 4.42 Å². The highest BCUT2D eigenvalue weighted by atomic mass is 16.3. The lowest BCUT2D eigenvalue weighted by molar-refractivity contribution is 0.670. The summed E-state index contributed by atoms with van der Waals surface area (Å²) in [5.74, 6) is 0. The maximum atomic E-state index is 6.42. The second kappa shape index (κ2) is 8.92. The van der Waals surface area contributed by atoms with E-state index in [1.807, 2.05) is 24.5 Å². The van der Waals surface area contributed by atoms with Gasteiger partial charge >= 0.3 is 0 Å². The van der Waals surface area contributed by atoms with E-state index in [1.54, 1.807) is 0 Å². The van der Waals surface area contributed by atoms with Crippen molar-refractivity contribution in [2.24, 2.45) is 0 Å². The van der Waals surface area contributed by atoms with Gasteiger partial charge in [-0.1, -0.05) is 109 Å². The Bertz CT molecular complexity index is 2480. The standard InChI is InChI=1S/C39H24N2O/c1-2-12-29(32-16-8-17-33-31-14-5-6-18-37(31)42-38(32)33)28(11-1)27-10-7-9-25(23-27)26-19-20-36-35(24-26)30-13-3-4-15-34(30)39-40-21-22-41(36)39/h1-24H. The zero-order valence-electron chi connectivity index (χ0n) is 22.7. The lowest BCUT2D eigenvalue weighted by Crippen LogP contribution is -1.91. The van der Waals surface area contributed by atoms with Gasteiger partial charge in [0.25, 0.3) is 0 Å². The van der Waals surface area contributed by atoms with E-state index in [2.05, 4.69) is 131 Å². The van der Waals surface area contributed by atoms with Gasteiger partial charge in [-0.25, -0.2) is 4.98 Å². The minimum absolute atomic E-state index is 0.913.